The number of nitrogens with zero attached hydrogens (tertiary/aromatic N) is 3. The third kappa shape index (κ3) is 4.62. The second-order valence-corrected chi connectivity index (χ2v) is 9.09. The molecule has 1 atom stereocenters. The van der Waals surface area contributed by atoms with Gasteiger partial charge in [-0.1, -0.05) is 18.2 Å². The minimum Gasteiger partial charge on any atom is -0.342 e. The van der Waals surface area contributed by atoms with Gasteiger partial charge in [-0.05, 0) is 52.7 Å². The molecule has 1 aromatic rings. The number of anilines is 1. The van der Waals surface area contributed by atoms with Crippen LogP contribution in [0.4, 0.5) is 5.69 Å². The summed E-state index contributed by atoms with van der Waals surface area (Å²) >= 11 is 0. The smallest absolute Gasteiger partial charge is 0.230 e. The van der Waals surface area contributed by atoms with Gasteiger partial charge in [-0.15, -0.1) is 0 Å². The van der Waals surface area contributed by atoms with Crippen molar-refractivity contribution >= 4 is 23.4 Å². The minimum absolute atomic E-state index is 0.0577. The molecule has 0 bridgehead atoms. The molecule has 1 aromatic carbocycles. The lowest BCUT2D eigenvalue weighted by Gasteiger charge is -2.35. The highest BCUT2D eigenvalue weighted by molar-refractivity contribution is 5.95. The molecule has 0 aliphatic carbocycles. The van der Waals surface area contributed by atoms with Gasteiger partial charge < -0.3 is 14.7 Å². The van der Waals surface area contributed by atoms with Crippen molar-refractivity contribution in [1.82, 2.24) is 9.80 Å². The van der Waals surface area contributed by atoms with Crippen LogP contribution in [0.15, 0.2) is 30.3 Å². The summed E-state index contributed by atoms with van der Waals surface area (Å²) in [6.45, 7) is 10.3. The Balaban J connectivity index is 1.57. The normalized spacial score (nSPS) is 20.8. The van der Waals surface area contributed by atoms with E-state index in [1.165, 1.54) is 0 Å². The predicted octanol–water partition coefficient (Wildman–Crippen LogP) is 2.93. The molecule has 0 radical (unpaired) electrons. The van der Waals surface area contributed by atoms with E-state index >= 15 is 0 Å². The number of likely N-dealkylation sites (tertiary alicyclic amines) is 2. The number of benzene rings is 1. The first-order valence-electron chi connectivity index (χ1n) is 10.7. The zero-order valence-corrected chi connectivity index (χ0v) is 18.1. The van der Waals surface area contributed by atoms with Gasteiger partial charge in [0.25, 0.3) is 0 Å². The molecule has 3 amide bonds. The van der Waals surface area contributed by atoms with Crippen molar-refractivity contribution in [2.75, 3.05) is 31.1 Å². The lowest BCUT2D eigenvalue weighted by molar-refractivity contribution is -0.138. The van der Waals surface area contributed by atoms with Crippen LogP contribution < -0.4 is 4.90 Å². The zero-order chi connectivity index (χ0) is 21.2. The van der Waals surface area contributed by atoms with Crippen molar-refractivity contribution in [3.05, 3.63) is 30.3 Å². The Morgan fingerprint density at radius 2 is 1.69 bits per heavy atom. The minimum atomic E-state index is -0.259. The van der Waals surface area contributed by atoms with E-state index in [1.807, 2.05) is 72.7 Å². The average Bonchev–Trinajstić information content (AvgIpc) is 3.11. The summed E-state index contributed by atoms with van der Waals surface area (Å²) in [5.74, 6) is -0.0598. The Bertz CT molecular complexity index is 748. The van der Waals surface area contributed by atoms with Crippen LogP contribution in [0.1, 0.15) is 47.0 Å². The van der Waals surface area contributed by atoms with Crippen LogP contribution in [-0.4, -0.2) is 59.2 Å². The largest absolute Gasteiger partial charge is 0.342 e. The number of carbonyl (C=O) groups is 3. The number of piperidine rings is 1. The van der Waals surface area contributed by atoms with Gasteiger partial charge in [-0.25, -0.2) is 0 Å². The van der Waals surface area contributed by atoms with Crippen LogP contribution in [0.5, 0.6) is 0 Å². The van der Waals surface area contributed by atoms with Gasteiger partial charge >= 0.3 is 0 Å². The first-order valence-corrected chi connectivity index (χ1v) is 10.7. The van der Waals surface area contributed by atoms with Gasteiger partial charge in [0.2, 0.25) is 17.7 Å². The molecule has 158 valence electrons. The summed E-state index contributed by atoms with van der Waals surface area (Å²) in [4.78, 5) is 43.8. The van der Waals surface area contributed by atoms with E-state index in [4.69, 9.17) is 0 Å². The van der Waals surface area contributed by atoms with Crippen LogP contribution in [-0.2, 0) is 14.4 Å². The fourth-order valence-corrected chi connectivity index (χ4v) is 4.42. The summed E-state index contributed by atoms with van der Waals surface area (Å²) < 4.78 is 0. The van der Waals surface area contributed by atoms with E-state index in [1.54, 1.807) is 0 Å². The van der Waals surface area contributed by atoms with E-state index in [2.05, 4.69) is 0 Å². The molecular weight excluding hydrogens is 366 g/mol. The number of carbonyl (C=O) groups excluding carboxylic acids is 3. The molecule has 29 heavy (non-hydrogen) atoms. The van der Waals surface area contributed by atoms with E-state index < -0.39 is 0 Å². The molecule has 0 aromatic heterocycles. The first-order chi connectivity index (χ1) is 13.7. The SMILES string of the molecule is CCN(C(=O)C1CCN(C(=O)C2CC(=O)N(C(C)(C)C)C2)CC1)c1ccccc1. The van der Waals surface area contributed by atoms with Crippen LogP contribution in [0, 0.1) is 11.8 Å². The second kappa shape index (κ2) is 8.56. The highest BCUT2D eigenvalue weighted by atomic mass is 16.2. The molecule has 0 N–H and O–H groups in total. The fourth-order valence-electron chi connectivity index (χ4n) is 4.42. The molecule has 0 spiro atoms. The van der Waals surface area contributed by atoms with Gasteiger partial charge in [-0.3, -0.25) is 14.4 Å². The maximum Gasteiger partial charge on any atom is 0.230 e. The third-order valence-corrected chi connectivity index (χ3v) is 6.09. The summed E-state index contributed by atoms with van der Waals surface area (Å²) in [7, 11) is 0. The first kappa shape index (κ1) is 21.3. The van der Waals surface area contributed by atoms with E-state index in [9.17, 15) is 14.4 Å². The topological polar surface area (TPSA) is 60.9 Å². The molecule has 2 fully saturated rings. The number of rotatable bonds is 4. The summed E-state index contributed by atoms with van der Waals surface area (Å²) in [5.41, 5.74) is 0.664. The molecule has 2 aliphatic rings. The van der Waals surface area contributed by atoms with Crippen molar-refractivity contribution in [1.29, 1.82) is 0 Å². The molecule has 2 aliphatic heterocycles. The monoisotopic (exact) mass is 399 g/mol. The Morgan fingerprint density at radius 3 is 2.21 bits per heavy atom. The molecule has 1 unspecified atom stereocenters. The maximum atomic E-state index is 13.0. The summed E-state index contributed by atoms with van der Waals surface area (Å²) in [5, 5.41) is 0. The van der Waals surface area contributed by atoms with E-state index in [0.29, 0.717) is 45.4 Å². The van der Waals surface area contributed by atoms with Crippen molar-refractivity contribution in [2.24, 2.45) is 11.8 Å². The highest BCUT2D eigenvalue weighted by Crippen LogP contribution is 2.29. The van der Waals surface area contributed by atoms with Crippen molar-refractivity contribution in [3.63, 3.8) is 0 Å². The van der Waals surface area contributed by atoms with Crippen molar-refractivity contribution < 1.29 is 14.4 Å². The van der Waals surface area contributed by atoms with Gasteiger partial charge in [-0.2, -0.15) is 0 Å². The van der Waals surface area contributed by atoms with Crippen molar-refractivity contribution in [3.8, 4) is 0 Å². The zero-order valence-electron chi connectivity index (χ0n) is 18.1. The Kier molecular flexibility index (Phi) is 6.30. The van der Waals surface area contributed by atoms with Crippen LogP contribution in [0.2, 0.25) is 0 Å². The van der Waals surface area contributed by atoms with Gasteiger partial charge in [0.05, 0.1) is 5.92 Å². The molecule has 6 heteroatoms. The fraction of sp³-hybridized carbons (Fsp3) is 0.609. The van der Waals surface area contributed by atoms with Crippen LogP contribution >= 0.6 is 0 Å². The molecule has 6 nitrogen and oxygen atoms in total. The molecule has 0 saturated carbocycles. The van der Waals surface area contributed by atoms with Gasteiger partial charge in [0, 0.05) is 49.7 Å². The average molecular weight is 400 g/mol. The Hall–Kier alpha value is -2.37. The summed E-state index contributed by atoms with van der Waals surface area (Å²) in [6, 6.07) is 9.74. The van der Waals surface area contributed by atoms with E-state index in [0.717, 1.165) is 5.69 Å². The van der Waals surface area contributed by atoms with Crippen LogP contribution in [0.25, 0.3) is 0 Å². The van der Waals surface area contributed by atoms with Gasteiger partial charge in [0.1, 0.15) is 0 Å². The number of hydrogen-bond acceptors (Lipinski definition) is 3. The Morgan fingerprint density at radius 1 is 1.07 bits per heavy atom. The third-order valence-electron chi connectivity index (χ3n) is 6.09. The second-order valence-electron chi connectivity index (χ2n) is 9.09. The number of amides is 3. The van der Waals surface area contributed by atoms with Gasteiger partial charge in [0.15, 0.2) is 0 Å². The molecular formula is C23H33N3O3. The molecule has 2 saturated heterocycles. The number of hydrogen-bond donors (Lipinski definition) is 0. The maximum absolute atomic E-state index is 13.0. The number of para-hydroxylation sites is 1. The standard InChI is InChI=1S/C23H33N3O3/c1-5-25(19-9-7-6-8-10-19)22(29)17-11-13-24(14-12-17)21(28)18-15-20(27)26(16-18)23(2,3)4/h6-10,17-18H,5,11-16H2,1-4H3. The lowest BCUT2D eigenvalue weighted by atomic mass is 9.93. The van der Waals surface area contributed by atoms with Crippen LogP contribution in [0.3, 0.4) is 0 Å². The lowest BCUT2D eigenvalue weighted by Crippen LogP contribution is -2.47. The van der Waals surface area contributed by atoms with Crippen molar-refractivity contribution in [2.45, 2.75) is 52.5 Å². The van der Waals surface area contributed by atoms with E-state index in [-0.39, 0.29) is 35.1 Å². The molecule has 3 rings (SSSR count). The quantitative estimate of drug-likeness (QED) is 0.782. The molecule has 2 heterocycles. The highest BCUT2D eigenvalue weighted by Gasteiger charge is 2.41. The summed E-state index contributed by atoms with van der Waals surface area (Å²) in [6.07, 6.45) is 1.65. The Labute approximate surface area is 173 Å². The predicted molar refractivity (Wildman–Crippen MR) is 113 cm³/mol.